The summed E-state index contributed by atoms with van der Waals surface area (Å²) in [6.07, 6.45) is 0. The Balaban J connectivity index is 2.31. The van der Waals surface area contributed by atoms with Crippen LogP contribution >= 0.6 is 11.3 Å². The molecule has 1 aromatic carbocycles. The molecule has 1 amide bonds. The lowest BCUT2D eigenvalue weighted by Crippen LogP contribution is -2.26. The van der Waals surface area contributed by atoms with Crippen LogP contribution in [0.3, 0.4) is 0 Å². The Morgan fingerprint density at radius 2 is 2.04 bits per heavy atom. The number of nitrogens with one attached hydrogen (secondary N) is 1. The van der Waals surface area contributed by atoms with Crippen LogP contribution in [0.2, 0.25) is 0 Å². The molecule has 9 heteroatoms. The van der Waals surface area contributed by atoms with Crippen molar-refractivity contribution < 1.29 is 18.7 Å². The number of halogens is 1. The molecule has 2 aromatic heterocycles. The van der Waals surface area contributed by atoms with Crippen molar-refractivity contribution in [2.45, 2.75) is 20.8 Å². The second-order valence-electron chi connectivity index (χ2n) is 6.23. The summed E-state index contributed by atoms with van der Waals surface area (Å²) in [6, 6.07) is 5.60. The second kappa shape index (κ2) is 7.89. The number of anilines is 1. The molecule has 0 unspecified atom stereocenters. The molecule has 3 aromatic rings. The van der Waals surface area contributed by atoms with Gasteiger partial charge in [-0.15, -0.1) is 11.3 Å². The summed E-state index contributed by atoms with van der Waals surface area (Å²) in [6.45, 7) is 5.19. The normalized spacial score (nSPS) is 11.0. The van der Waals surface area contributed by atoms with Gasteiger partial charge in [0, 0.05) is 16.7 Å². The predicted octanol–water partition coefficient (Wildman–Crippen LogP) is 3.36. The molecular formula is C19H18FN3O4S. The molecular weight excluding hydrogens is 385 g/mol. The monoisotopic (exact) mass is 403 g/mol. The van der Waals surface area contributed by atoms with Gasteiger partial charge in [0.15, 0.2) is 5.69 Å². The van der Waals surface area contributed by atoms with Gasteiger partial charge >= 0.3 is 5.97 Å². The number of thiophene rings is 1. The molecule has 0 radical (unpaired) electrons. The Morgan fingerprint density at radius 1 is 1.32 bits per heavy atom. The molecule has 0 saturated heterocycles. The quantitative estimate of drug-likeness (QED) is 0.660. The summed E-state index contributed by atoms with van der Waals surface area (Å²) in [4.78, 5) is 37.6. The van der Waals surface area contributed by atoms with Crippen molar-refractivity contribution in [1.82, 2.24) is 9.78 Å². The fourth-order valence-corrected chi connectivity index (χ4v) is 3.47. The van der Waals surface area contributed by atoms with Crippen LogP contribution in [0.15, 0.2) is 34.4 Å². The van der Waals surface area contributed by atoms with Gasteiger partial charge in [-0.05, 0) is 19.1 Å². The van der Waals surface area contributed by atoms with E-state index >= 15 is 0 Å². The largest absolute Gasteiger partial charge is 0.461 e. The van der Waals surface area contributed by atoms with E-state index in [1.165, 1.54) is 18.2 Å². The standard InChI is InChI=1S/C19H18FN3O4S/c1-4-27-19(26)15-11-9-28-17(21-16(24)10(2)3)14(11)18(25)23(22-15)13-8-6-5-7-12(13)20/h5-10H,4H2,1-3H3,(H,21,24). The van der Waals surface area contributed by atoms with Gasteiger partial charge in [-0.2, -0.15) is 9.78 Å². The maximum absolute atomic E-state index is 14.3. The minimum Gasteiger partial charge on any atom is -0.461 e. The van der Waals surface area contributed by atoms with Crippen molar-refractivity contribution in [3.05, 3.63) is 51.5 Å². The number of hydrogen-bond acceptors (Lipinski definition) is 6. The molecule has 0 spiro atoms. The zero-order valence-electron chi connectivity index (χ0n) is 15.5. The van der Waals surface area contributed by atoms with Crippen molar-refractivity contribution in [2.24, 2.45) is 5.92 Å². The number of carbonyl (C=O) groups is 2. The van der Waals surface area contributed by atoms with Crippen LogP contribution in [-0.4, -0.2) is 28.3 Å². The first kappa shape index (κ1) is 19.7. The lowest BCUT2D eigenvalue weighted by molar-refractivity contribution is -0.118. The van der Waals surface area contributed by atoms with E-state index in [1.54, 1.807) is 32.2 Å². The Bertz CT molecular complexity index is 1120. The zero-order chi connectivity index (χ0) is 20.4. The van der Waals surface area contributed by atoms with Crippen molar-refractivity contribution in [3.8, 4) is 5.69 Å². The highest BCUT2D eigenvalue weighted by Crippen LogP contribution is 2.31. The van der Waals surface area contributed by atoms with Gasteiger partial charge in [-0.1, -0.05) is 26.0 Å². The Hall–Kier alpha value is -3.07. The Kier molecular flexibility index (Phi) is 5.55. The highest BCUT2D eigenvalue weighted by atomic mass is 32.1. The van der Waals surface area contributed by atoms with E-state index in [0.29, 0.717) is 0 Å². The molecule has 0 saturated carbocycles. The number of benzene rings is 1. The summed E-state index contributed by atoms with van der Waals surface area (Å²) in [7, 11) is 0. The van der Waals surface area contributed by atoms with Crippen LogP contribution < -0.4 is 10.9 Å². The number of fused-ring (bicyclic) bond motifs is 1. The molecule has 1 N–H and O–H groups in total. The predicted molar refractivity (Wildman–Crippen MR) is 105 cm³/mol. The van der Waals surface area contributed by atoms with Crippen molar-refractivity contribution in [2.75, 3.05) is 11.9 Å². The van der Waals surface area contributed by atoms with E-state index in [4.69, 9.17) is 4.74 Å². The van der Waals surface area contributed by atoms with E-state index in [0.717, 1.165) is 16.0 Å². The van der Waals surface area contributed by atoms with Crippen molar-refractivity contribution in [3.63, 3.8) is 0 Å². The average Bonchev–Trinajstić information content (AvgIpc) is 3.07. The second-order valence-corrected chi connectivity index (χ2v) is 7.11. The summed E-state index contributed by atoms with van der Waals surface area (Å²) >= 11 is 1.09. The molecule has 0 aliphatic rings. The molecule has 7 nitrogen and oxygen atoms in total. The molecule has 0 bridgehead atoms. The topological polar surface area (TPSA) is 90.3 Å². The third kappa shape index (κ3) is 3.53. The number of nitrogens with zero attached hydrogens (tertiary/aromatic N) is 2. The van der Waals surface area contributed by atoms with E-state index in [1.807, 2.05) is 0 Å². The van der Waals surface area contributed by atoms with Crippen LogP contribution in [0, 0.1) is 11.7 Å². The average molecular weight is 403 g/mol. The lowest BCUT2D eigenvalue weighted by Gasteiger charge is -2.11. The van der Waals surface area contributed by atoms with Crippen LogP contribution in [0.5, 0.6) is 0 Å². The van der Waals surface area contributed by atoms with Crippen molar-refractivity contribution in [1.29, 1.82) is 0 Å². The first-order chi connectivity index (χ1) is 13.3. The number of esters is 1. The number of ether oxygens (including phenoxy) is 1. The number of rotatable bonds is 5. The van der Waals surface area contributed by atoms with Gasteiger partial charge in [-0.3, -0.25) is 9.59 Å². The highest BCUT2D eigenvalue weighted by molar-refractivity contribution is 7.16. The van der Waals surface area contributed by atoms with Crippen LogP contribution in [0.25, 0.3) is 16.5 Å². The number of carbonyl (C=O) groups excluding carboxylic acids is 2. The first-order valence-electron chi connectivity index (χ1n) is 8.62. The fourth-order valence-electron chi connectivity index (χ4n) is 2.53. The summed E-state index contributed by atoms with van der Waals surface area (Å²) in [5.74, 6) is -2.00. The molecule has 0 aliphatic carbocycles. The Morgan fingerprint density at radius 3 is 2.68 bits per heavy atom. The van der Waals surface area contributed by atoms with Crippen molar-refractivity contribution >= 4 is 39.0 Å². The third-order valence-electron chi connectivity index (χ3n) is 3.96. The maximum atomic E-state index is 14.3. The van der Waals surface area contributed by atoms with Gasteiger partial charge in [0.25, 0.3) is 5.56 Å². The molecule has 3 rings (SSSR count). The SMILES string of the molecule is CCOC(=O)c1nn(-c2ccccc2F)c(=O)c2c(NC(=O)C(C)C)scc12. The summed E-state index contributed by atoms with van der Waals surface area (Å²) in [5, 5.41) is 8.91. The van der Waals surface area contributed by atoms with Gasteiger partial charge in [0.2, 0.25) is 5.91 Å². The fraction of sp³-hybridized carbons (Fsp3) is 0.263. The van der Waals surface area contributed by atoms with E-state index in [-0.39, 0.29) is 45.6 Å². The van der Waals surface area contributed by atoms with Gasteiger partial charge in [0.1, 0.15) is 16.5 Å². The minimum absolute atomic E-state index is 0.0836. The van der Waals surface area contributed by atoms with Crippen LogP contribution in [0.1, 0.15) is 31.3 Å². The molecule has 146 valence electrons. The van der Waals surface area contributed by atoms with E-state index < -0.39 is 17.3 Å². The number of para-hydroxylation sites is 1. The zero-order valence-corrected chi connectivity index (χ0v) is 16.3. The van der Waals surface area contributed by atoms with E-state index in [2.05, 4.69) is 10.4 Å². The summed E-state index contributed by atoms with van der Waals surface area (Å²) < 4.78 is 20.1. The van der Waals surface area contributed by atoms with Gasteiger partial charge in [-0.25, -0.2) is 9.18 Å². The number of aromatic nitrogens is 2. The third-order valence-corrected chi connectivity index (χ3v) is 4.86. The minimum atomic E-state index is -0.739. The van der Waals surface area contributed by atoms with Gasteiger partial charge < -0.3 is 10.1 Å². The molecule has 28 heavy (non-hydrogen) atoms. The molecule has 0 atom stereocenters. The lowest BCUT2D eigenvalue weighted by atomic mass is 10.2. The maximum Gasteiger partial charge on any atom is 0.359 e. The first-order valence-corrected chi connectivity index (χ1v) is 9.50. The number of hydrogen-bond donors (Lipinski definition) is 1. The van der Waals surface area contributed by atoms with Gasteiger partial charge in [0.05, 0.1) is 12.0 Å². The highest BCUT2D eigenvalue weighted by Gasteiger charge is 2.24. The Labute approximate surface area is 163 Å². The molecule has 0 fully saturated rings. The molecule has 0 aliphatic heterocycles. The smallest absolute Gasteiger partial charge is 0.359 e. The van der Waals surface area contributed by atoms with E-state index in [9.17, 15) is 18.8 Å². The number of amides is 1. The molecule has 2 heterocycles. The van der Waals surface area contributed by atoms with Crippen LogP contribution in [-0.2, 0) is 9.53 Å². The van der Waals surface area contributed by atoms with Crippen LogP contribution in [0.4, 0.5) is 9.39 Å². The summed E-state index contributed by atoms with van der Waals surface area (Å²) in [5.41, 5.74) is -0.873.